The van der Waals surface area contributed by atoms with E-state index < -0.39 is 4.92 Å². The van der Waals surface area contributed by atoms with Crippen LogP contribution in [0.25, 0.3) is 0 Å². The number of benzene rings is 1. The molecule has 0 bridgehead atoms. The predicted octanol–water partition coefficient (Wildman–Crippen LogP) is 0.834. The molecule has 0 spiro atoms. The van der Waals surface area contributed by atoms with E-state index in [4.69, 9.17) is 14.7 Å². The van der Waals surface area contributed by atoms with Gasteiger partial charge in [-0.25, -0.2) is 0 Å². The minimum absolute atomic E-state index is 0.00909. The summed E-state index contributed by atoms with van der Waals surface area (Å²) in [4.78, 5) is 10.4. The van der Waals surface area contributed by atoms with Gasteiger partial charge in [-0.1, -0.05) is 6.07 Å². The molecule has 1 aliphatic rings. The number of nitro benzene ring substituents is 1. The molecule has 0 amide bonds. The van der Waals surface area contributed by atoms with Gasteiger partial charge in [0.2, 0.25) is 0 Å². The average molecular weight is 263 g/mol. The molecule has 7 heteroatoms. The normalized spacial score (nSPS) is 18.6. The van der Waals surface area contributed by atoms with Crippen molar-refractivity contribution in [3.05, 3.63) is 33.9 Å². The molecule has 1 unspecified atom stereocenters. The molecule has 0 radical (unpaired) electrons. The van der Waals surface area contributed by atoms with Crippen molar-refractivity contribution in [2.45, 2.75) is 6.10 Å². The Morgan fingerprint density at radius 3 is 3.11 bits per heavy atom. The number of ether oxygens (including phenoxy) is 2. The lowest BCUT2D eigenvalue weighted by molar-refractivity contribution is -0.386. The number of para-hydroxylation sites is 1. The lowest BCUT2D eigenvalue weighted by Gasteiger charge is -2.23. The van der Waals surface area contributed by atoms with E-state index in [1.165, 1.54) is 12.1 Å². The van der Waals surface area contributed by atoms with Crippen LogP contribution in [-0.4, -0.2) is 37.3 Å². The molecule has 19 heavy (non-hydrogen) atoms. The highest BCUT2D eigenvalue weighted by Gasteiger charge is 2.22. The molecule has 0 aliphatic carbocycles. The lowest BCUT2D eigenvalue weighted by Crippen LogP contribution is -2.41. The van der Waals surface area contributed by atoms with Crippen molar-refractivity contribution >= 4 is 5.69 Å². The fourth-order valence-electron chi connectivity index (χ4n) is 1.83. The summed E-state index contributed by atoms with van der Waals surface area (Å²) in [7, 11) is 0. The second-order valence-electron chi connectivity index (χ2n) is 4.03. The second kappa shape index (κ2) is 6.13. The number of nitro groups is 1. The van der Waals surface area contributed by atoms with Crippen LogP contribution in [-0.2, 0) is 4.74 Å². The number of morpholine rings is 1. The van der Waals surface area contributed by atoms with E-state index in [2.05, 4.69) is 5.32 Å². The lowest BCUT2D eigenvalue weighted by atomic mass is 10.2. The van der Waals surface area contributed by atoms with Gasteiger partial charge in [-0.05, 0) is 12.1 Å². The number of hydrogen-bond donors (Lipinski definition) is 1. The van der Waals surface area contributed by atoms with E-state index in [1.807, 2.05) is 0 Å². The molecule has 1 heterocycles. The van der Waals surface area contributed by atoms with Gasteiger partial charge >= 0.3 is 5.69 Å². The zero-order chi connectivity index (χ0) is 13.7. The zero-order valence-electron chi connectivity index (χ0n) is 10.2. The Bertz CT molecular complexity index is 506. The molecular weight excluding hydrogens is 250 g/mol. The van der Waals surface area contributed by atoms with Gasteiger partial charge in [-0.15, -0.1) is 0 Å². The summed E-state index contributed by atoms with van der Waals surface area (Å²) in [5.74, 6) is 0.0956. The first-order valence-electron chi connectivity index (χ1n) is 5.85. The largest absolute Gasteiger partial charge is 0.484 e. The maximum atomic E-state index is 11.0. The van der Waals surface area contributed by atoms with Gasteiger partial charge in [-0.3, -0.25) is 10.1 Å². The third-order valence-corrected chi connectivity index (χ3v) is 2.73. The fourth-order valence-corrected chi connectivity index (χ4v) is 1.83. The molecule has 1 fully saturated rings. The van der Waals surface area contributed by atoms with Crippen molar-refractivity contribution in [3.8, 4) is 11.8 Å². The fraction of sp³-hybridized carbons (Fsp3) is 0.417. The van der Waals surface area contributed by atoms with Crippen LogP contribution >= 0.6 is 0 Å². The molecule has 0 aromatic heterocycles. The standard InChI is InChI=1S/C12H13N3O4/c13-6-9-2-1-3-11(12(9)15(16)17)19-8-10-7-14-4-5-18-10/h1-3,10,14H,4-5,7-8H2. The average Bonchev–Trinajstić information content (AvgIpc) is 2.45. The highest BCUT2D eigenvalue weighted by atomic mass is 16.6. The van der Waals surface area contributed by atoms with Crippen LogP contribution < -0.4 is 10.1 Å². The van der Waals surface area contributed by atoms with Gasteiger partial charge in [0.25, 0.3) is 0 Å². The van der Waals surface area contributed by atoms with E-state index in [1.54, 1.807) is 12.1 Å². The molecule has 2 rings (SSSR count). The SMILES string of the molecule is N#Cc1cccc(OCC2CNCCO2)c1[N+](=O)[O-]. The van der Waals surface area contributed by atoms with Gasteiger partial charge in [0, 0.05) is 13.1 Å². The number of rotatable bonds is 4. The summed E-state index contributed by atoms with van der Waals surface area (Å²) in [5, 5.41) is 23.0. The van der Waals surface area contributed by atoms with Crippen molar-refractivity contribution < 1.29 is 14.4 Å². The summed E-state index contributed by atoms with van der Waals surface area (Å²) < 4.78 is 10.9. The number of nitrogens with zero attached hydrogens (tertiary/aromatic N) is 2. The van der Waals surface area contributed by atoms with Crippen molar-refractivity contribution in [3.63, 3.8) is 0 Å². The maximum absolute atomic E-state index is 11.0. The smallest absolute Gasteiger partial charge is 0.328 e. The molecular formula is C12H13N3O4. The van der Waals surface area contributed by atoms with Crippen LogP contribution in [0, 0.1) is 21.4 Å². The van der Waals surface area contributed by atoms with Gasteiger partial charge in [0.1, 0.15) is 24.3 Å². The number of nitriles is 1. The van der Waals surface area contributed by atoms with Gasteiger partial charge in [-0.2, -0.15) is 5.26 Å². The molecule has 1 aromatic rings. The van der Waals surface area contributed by atoms with E-state index >= 15 is 0 Å². The number of hydrogen-bond acceptors (Lipinski definition) is 6. The second-order valence-corrected chi connectivity index (χ2v) is 4.03. The van der Waals surface area contributed by atoms with Crippen LogP contribution in [0.2, 0.25) is 0 Å². The van der Waals surface area contributed by atoms with Gasteiger partial charge in [0.05, 0.1) is 11.5 Å². The highest BCUT2D eigenvalue weighted by molar-refractivity contribution is 5.57. The Kier molecular flexibility index (Phi) is 4.28. The third kappa shape index (κ3) is 3.19. The Hall–Kier alpha value is -2.17. The van der Waals surface area contributed by atoms with Crippen molar-refractivity contribution in [1.82, 2.24) is 5.32 Å². The number of nitrogens with one attached hydrogen (secondary N) is 1. The monoisotopic (exact) mass is 263 g/mol. The maximum Gasteiger partial charge on any atom is 0.328 e. The van der Waals surface area contributed by atoms with Crippen LogP contribution in [0.5, 0.6) is 5.75 Å². The summed E-state index contributed by atoms with van der Waals surface area (Å²) in [6, 6.07) is 6.22. The van der Waals surface area contributed by atoms with Crippen molar-refractivity contribution in [2.75, 3.05) is 26.3 Å². The molecule has 1 saturated heterocycles. The third-order valence-electron chi connectivity index (χ3n) is 2.73. The summed E-state index contributed by atoms with van der Waals surface area (Å²) in [5.41, 5.74) is -0.307. The van der Waals surface area contributed by atoms with Crippen LogP contribution in [0.15, 0.2) is 18.2 Å². The van der Waals surface area contributed by atoms with Crippen LogP contribution in [0.4, 0.5) is 5.69 Å². The summed E-state index contributed by atoms with van der Waals surface area (Å²) >= 11 is 0. The minimum Gasteiger partial charge on any atom is -0.484 e. The van der Waals surface area contributed by atoms with E-state index in [9.17, 15) is 10.1 Å². The molecule has 7 nitrogen and oxygen atoms in total. The Labute approximate surface area is 109 Å². The van der Waals surface area contributed by atoms with E-state index in [-0.39, 0.29) is 29.7 Å². The molecule has 1 atom stereocenters. The van der Waals surface area contributed by atoms with Gasteiger partial charge < -0.3 is 14.8 Å². The van der Waals surface area contributed by atoms with Crippen molar-refractivity contribution in [2.24, 2.45) is 0 Å². The Morgan fingerprint density at radius 1 is 1.63 bits per heavy atom. The quantitative estimate of drug-likeness (QED) is 0.638. The predicted molar refractivity (Wildman–Crippen MR) is 65.9 cm³/mol. The molecule has 0 saturated carbocycles. The highest BCUT2D eigenvalue weighted by Crippen LogP contribution is 2.30. The van der Waals surface area contributed by atoms with E-state index in [0.29, 0.717) is 13.2 Å². The molecule has 1 aromatic carbocycles. The van der Waals surface area contributed by atoms with E-state index in [0.717, 1.165) is 6.54 Å². The first-order valence-corrected chi connectivity index (χ1v) is 5.85. The van der Waals surface area contributed by atoms with Crippen LogP contribution in [0.1, 0.15) is 5.56 Å². The summed E-state index contributed by atoms with van der Waals surface area (Å²) in [6.07, 6.45) is -0.140. The first kappa shape index (κ1) is 13.3. The molecule has 1 aliphatic heterocycles. The van der Waals surface area contributed by atoms with Crippen LogP contribution in [0.3, 0.4) is 0 Å². The minimum atomic E-state index is -0.603. The van der Waals surface area contributed by atoms with Crippen molar-refractivity contribution in [1.29, 1.82) is 5.26 Å². The summed E-state index contributed by atoms with van der Waals surface area (Å²) in [6.45, 7) is 2.24. The zero-order valence-corrected chi connectivity index (χ0v) is 10.2. The Morgan fingerprint density at radius 2 is 2.47 bits per heavy atom. The molecule has 1 N–H and O–H groups in total. The Balaban J connectivity index is 2.11. The molecule has 100 valence electrons. The first-order chi connectivity index (χ1) is 9.22. The van der Waals surface area contributed by atoms with Gasteiger partial charge in [0.15, 0.2) is 5.75 Å². The topological polar surface area (TPSA) is 97.4 Å².